The predicted molar refractivity (Wildman–Crippen MR) is 53.5 cm³/mol. The Hall–Kier alpha value is -1.97. The van der Waals surface area contributed by atoms with Gasteiger partial charge in [0, 0.05) is 0 Å². The smallest absolute Gasteiger partial charge is 0.159 e. The molecule has 2 rings (SSSR count). The lowest BCUT2D eigenvalue weighted by Gasteiger charge is -1.97. The summed E-state index contributed by atoms with van der Waals surface area (Å²) >= 11 is 0. The van der Waals surface area contributed by atoms with Gasteiger partial charge >= 0.3 is 0 Å². The summed E-state index contributed by atoms with van der Waals surface area (Å²) < 4.78 is 0. The summed E-state index contributed by atoms with van der Waals surface area (Å²) in [5, 5.41) is 11.8. The molecule has 0 aliphatic carbocycles. The van der Waals surface area contributed by atoms with Crippen LogP contribution in [-0.4, -0.2) is 20.2 Å². The molecule has 0 aliphatic rings. The predicted octanol–water partition coefficient (Wildman–Crippen LogP) is 1.36. The van der Waals surface area contributed by atoms with Gasteiger partial charge in [-0.2, -0.15) is 4.80 Å². The minimum absolute atomic E-state index is 0.556. The number of benzene rings is 1. The van der Waals surface area contributed by atoms with Gasteiger partial charge < -0.3 is 0 Å². The lowest BCUT2D eigenvalue weighted by molar-refractivity contribution is 0.572. The summed E-state index contributed by atoms with van der Waals surface area (Å²) in [6.07, 6.45) is 1.58. The fraction of sp³-hybridized carbons (Fsp3) is 0.100. The standard InChI is InChI=1S/C10H10N4/c1-2-10-11-13-14(12-10)8-9-6-4-3-5-7-9/h2-7H,1,8H2. The molecule has 14 heavy (non-hydrogen) atoms. The molecule has 70 valence electrons. The van der Waals surface area contributed by atoms with Crippen molar-refractivity contribution in [3.05, 3.63) is 48.3 Å². The molecule has 0 bridgehead atoms. The number of nitrogens with zero attached hydrogens (tertiary/aromatic N) is 4. The molecule has 0 spiro atoms. The largest absolute Gasteiger partial charge is 0.197 e. The Bertz CT molecular complexity index is 419. The molecule has 1 heterocycles. The normalized spacial score (nSPS) is 10.0. The van der Waals surface area contributed by atoms with E-state index in [0.29, 0.717) is 12.4 Å². The molecule has 4 heteroatoms. The van der Waals surface area contributed by atoms with E-state index in [1.807, 2.05) is 30.3 Å². The van der Waals surface area contributed by atoms with Crippen LogP contribution >= 0.6 is 0 Å². The Kier molecular flexibility index (Phi) is 2.36. The van der Waals surface area contributed by atoms with E-state index in [1.165, 1.54) is 0 Å². The Morgan fingerprint density at radius 2 is 2.07 bits per heavy atom. The average Bonchev–Trinajstić information content (AvgIpc) is 2.67. The van der Waals surface area contributed by atoms with Crippen molar-refractivity contribution in [1.82, 2.24) is 20.2 Å². The highest BCUT2D eigenvalue weighted by molar-refractivity contribution is 5.33. The van der Waals surface area contributed by atoms with Gasteiger partial charge in [0.25, 0.3) is 0 Å². The first kappa shape index (κ1) is 8.62. The van der Waals surface area contributed by atoms with E-state index in [2.05, 4.69) is 22.0 Å². The third-order valence-corrected chi connectivity index (χ3v) is 1.82. The maximum Gasteiger partial charge on any atom is 0.197 e. The first-order chi connectivity index (χ1) is 6.88. The van der Waals surface area contributed by atoms with Crippen molar-refractivity contribution in [2.45, 2.75) is 6.54 Å². The molecular formula is C10H10N4. The van der Waals surface area contributed by atoms with Crippen LogP contribution in [-0.2, 0) is 6.54 Å². The Morgan fingerprint density at radius 1 is 1.29 bits per heavy atom. The van der Waals surface area contributed by atoms with E-state index in [4.69, 9.17) is 0 Å². The molecule has 0 fully saturated rings. The molecule has 0 amide bonds. The minimum Gasteiger partial charge on any atom is -0.159 e. The van der Waals surface area contributed by atoms with Crippen molar-refractivity contribution in [3.8, 4) is 0 Å². The third kappa shape index (κ3) is 1.85. The van der Waals surface area contributed by atoms with Gasteiger partial charge in [0.1, 0.15) is 0 Å². The zero-order chi connectivity index (χ0) is 9.80. The first-order valence-corrected chi connectivity index (χ1v) is 4.32. The van der Waals surface area contributed by atoms with Crippen LogP contribution in [0.15, 0.2) is 36.9 Å². The zero-order valence-corrected chi connectivity index (χ0v) is 7.67. The van der Waals surface area contributed by atoms with E-state index in [0.717, 1.165) is 5.56 Å². The van der Waals surface area contributed by atoms with E-state index >= 15 is 0 Å². The maximum absolute atomic E-state index is 4.10. The van der Waals surface area contributed by atoms with Gasteiger partial charge in [-0.3, -0.25) is 0 Å². The lowest BCUT2D eigenvalue weighted by atomic mass is 10.2. The van der Waals surface area contributed by atoms with Gasteiger partial charge in [0.2, 0.25) is 0 Å². The number of rotatable bonds is 3. The molecule has 0 saturated heterocycles. The highest BCUT2D eigenvalue weighted by Gasteiger charge is 1.98. The summed E-state index contributed by atoms with van der Waals surface area (Å²) in [6, 6.07) is 10.0. The van der Waals surface area contributed by atoms with Gasteiger partial charge in [-0.1, -0.05) is 36.9 Å². The van der Waals surface area contributed by atoms with Gasteiger partial charge in [-0.15, -0.1) is 10.2 Å². The number of hydrogen-bond acceptors (Lipinski definition) is 3. The molecule has 4 nitrogen and oxygen atoms in total. The van der Waals surface area contributed by atoms with Gasteiger partial charge in [-0.05, 0) is 16.9 Å². The van der Waals surface area contributed by atoms with Crippen LogP contribution in [0.4, 0.5) is 0 Å². The highest BCUT2D eigenvalue weighted by atomic mass is 15.6. The Labute approximate surface area is 81.9 Å². The monoisotopic (exact) mass is 186 g/mol. The van der Waals surface area contributed by atoms with Crippen molar-refractivity contribution in [3.63, 3.8) is 0 Å². The molecule has 1 aromatic carbocycles. The van der Waals surface area contributed by atoms with Gasteiger partial charge in [-0.25, -0.2) is 0 Å². The molecule has 0 radical (unpaired) electrons. The van der Waals surface area contributed by atoms with Crippen molar-refractivity contribution >= 4 is 6.08 Å². The summed E-state index contributed by atoms with van der Waals surface area (Å²) in [5.74, 6) is 0.556. The van der Waals surface area contributed by atoms with Crippen molar-refractivity contribution in [2.24, 2.45) is 0 Å². The van der Waals surface area contributed by atoms with E-state index < -0.39 is 0 Å². The van der Waals surface area contributed by atoms with Gasteiger partial charge in [0.05, 0.1) is 6.54 Å². The summed E-state index contributed by atoms with van der Waals surface area (Å²) in [7, 11) is 0. The Balaban J connectivity index is 2.15. The molecule has 1 aromatic heterocycles. The highest BCUT2D eigenvalue weighted by Crippen LogP contribution is 1.99. The fourth-order valence-electron chi connectivity index (χ4n) is 1.15. The van der Waals surface area contributed by atoms with Crippen LogP contribution in [0.1, 0.15) is 11.4 Å². The van der Waals surface area contributed by atoms with Crippen molar-refractivity contribution in [2.75, 3.05) is 0 Å². The molecule has 0 aliphatic heterocycles. The van der Waals surface area contributed by atoms with Gasteiger partial charge in [0.15, 0.2) is 5.82 Å². The SMILES string of the molecule is C=Cc1nnn(Cc2ccccc2)n1. The zero-order valence-electron chi connectivity index (χ0n) is 7.67. The second-order valence-electron chi connectivity index (χ2n) is 2.87. The maximum atomic E-state index is 4.10. The van der Waals surface area contributed by atoms with Crippen LogP contribution in [0.5, 0.6) is 0 Å². The second kappa shape index (κ2) is 3.83. The van der Waals surface area contributed by atoms with Crippen LogP contribution in [0, 0.1) is 0 Å². The number of aromatic nitrogens is 4. The summed E-state index contributed by atoms with van der Waals surface area (Å²) in [6.45, 7) is 4.21. The molecular weight excluding hydrogens is 176 g/mol. The fourth-order valence-corrected chi connectivity index (χ4v) is 1.15. The van der Waals surface area contributed by atoms with E-state index in [-0.39, 0.29) is 0 Å². The first-order valence-electron chi connectivity index (χ1n) is 4.32. The summed E-state index contributed by atoms with van der Waals surface area (Å²) in [4.78, 5) is 1.55. The second-order valence-corrected chi connectivity index (χ2v) is 2.87. The lowest BCUT2D eigenvalue weighted by Crippen LogP contribution is -2.03. The minimum atomic E-state index is 0.556. The van der Waals surface area contributed by atoms with Crippen molar-refractivity contribution in [1.29, 1.82) is 0 Å². The van der Waals surface area contributed by atoms with Crippen LogP contribution in [0.2, 0.25) is 0 Å². The third-order valence-electron chi connectivity index (χ3n) is 1.82. The Morgan fingerprint density at radius 3 is 2.71 bits per heavy atom. The van der Waals surface area contributed by atoms with Crippen LogP contribution in [0.3, 0.4) is 0 Å². The van der Waals surface area contributed by atoms with Crippen molar-refractivity contribution < 1.29 is 0 Å². The summed E-state index contributed by atoms with van der Waals surface area (Å²) in [5.41, 5.74) is 1.15. The molecule has 0 unspecified atom stereocenters. The van der Waals surface area contributed by atoms with Crippen LogP contribution in [0.25, 0.3) is 6.08 Å². The molecule has 0 saturated carbocycles. The van der Waals surface area contributed by atoms with E-state index in [9.17, 15) is 0 Å². The van der Waals surface area contributed by atoms with Crippen LogP contribution < -0.4 is 0 Å². The average molecular weight is 186 g/mol. The molecule has 0 N–H and O–H groups in total. The van der Waals surface area contributed by atoms with E-state index in [1.54, 1.807) is 10.9 Å². The topological polar surface area (TPSA) is 43.6 Å². The number of hydrogen-bond donors (Lipinski definition) is 0. The quantitative estimate of drug-likeness (QED) is 0.727. The molecule has 2 aromatic rings. The molecule has 0 atom stereocenters. The number of tetrazole rings is 1.